The summed E-state index contributed by atoms with van der Waals surface area (Å²) in [6, 6.07) is 14.5. The second-order valence-corrected chi connectivity index (χ2v) is 18.8. The average molecular weight is 884 g/mol. The van der Waals surface area contributed by atoms with E-state index in [1.165, 1.54) is 10.4 Å². The molecule has 0 bridgehead atoms. The second-order valence-electron chi connectivity index (χ2n) is 17.2. The molecule has 0 radical (unpaired) electrons. The van der Waals surface area contributed by atoms with Gasteiger partial charge in [-0.3, -0.25) is 14.4 Å². The van der Waals surface area contributed by atoms with Crippen molar-refractivity contribution in [3.05, 3.63) is 117 Å². The number of nitrogens with one attached hydrogen (secondary N) is 1. The molecule has 1 atom stereocenters. The van der Waals surface area contributed by atoms with Gasteiger partial charge in [0.2, 0.25) is 5.88 Å². The second kappa shape index (κ2) is 16.8. The molecule has 2 saturated carbocycles. The number of amides is 1. The van der Waals surface area contributed by atoms with Crippen molar-refractivity contribution >= 4 is 40.4 Å². The molecular formula is C46H46ClN11O4S. The van der Waals surface area contributed by atoms with E-state index in [1.54, 1.807) is 48.1 Å². The molecule has 2 aliphatic carbocycles. The highest BCUT2D eigenvalue weighted by Gasteiger charge is 2.48. The Bertz CT molecular complexity index is 2710. The van der Waals surface area contributed by atoms with Crippen molar-refractivity contribution in [2.75, 3.05) is 18.0 Å². The topological polar surface area (TPSA) is 182 Å². The molecule has 10 rings (SSSR count). The number of piperidine rings is 1. The lowest BCUT2D eigenvalue weighted by atomic mass is 9.62. The van der Waals surface area contributed by atoms with Crippen molar-refractivity contribution in [2.24, 2.45) is 10.4 Å². The number of carbonyl (C=O) groups excluding carboxylic acids is 1. The van der Waals surface area contributed by atoms with Crippen molar-refractivity contribution in [1.29, 1.82) is 5.26 Å². The predicted octanol–water partition coefficient (Wildman–Crippen LogP) is 8.03. The van der Waals surface area contributed by atoms with Gasteiger partial charge in [-0.05, 0) is 113 Å². The first-order valence-corrected chi connectivity index (χ1v) is 22.7. The predicted molar refractivity (Wildman–Crippen MR) is 236 cm³/mol. The normalized spacial score (nSPS) is 22.8. The smallest absolute Gasteiger partial charge is 0.272 e. The van der Waals surface area contributed by atoms with Crippen molar-refractivity contribution in [1.82, 2.24) is 40.2 Å². The molecular weight excluding hydrogens is 838 g/mol. The molecule has 5 aromatic heterocycles. The Morgan fingerprint density at radius 2 is 1.87 bits per heavy atom. The van der Waals surface area contributed by atoms with Gasteiger partial charge in [-0.2, -0.15) is 5.26 Å². The first kappa shape index (κ1) is 40.9. The van der Waals surface area contributed by atoms with E-state index in [2.05, 4.69) is 66.1 Å². The lowest BCUT2D eigenvalue weighted by Gasteiger charge is -2.52. The summed E-state index contributed by atoms with van der Waals surface area (Å²) in [5.74, 6) is 3.96. The fourth-order valence-electron chi connectivity index (χ4n) is 9.58. The van der Waals surface area contributed by atoms with Crippen LogP contribution in [0.2, 0.25) is 5.02 Å². The van der Waals surface area contributed by atoms with Crippen molar-refractivity contribution < 1.29 is 18.7 Å². The molecule has 15 nitrogen and oxygen atoms in total. The minimum absolute atomic E-state index is 0.0221. The van der Waals surface area contributed by atoms with Gasteiger partial charge in [0.15, 0.2) is 23.2 Å². The highest BCUT2D eigenvalue weighted by atomic mass is 35.5. The number of ether oxygens (including phenoxy) is 2. The number of nitrogens with zero attached hydrogens (tertiary/aromatic N) is 10. The number of nitriles is 1. The maximum Gasteiger partial charge on any atom is 0.272 e. The number of oxazole rings is 1. The van der Waals surface area contributed by atoms with Crippen molar-refractivity contribution in [3.63, 3.8) is 0 Å². The first-order chi connectivity index (χ1) is 30.6. The number of hydrogen-bond acceptors (Lipinski definition) is 14. The maximum absolute atomic E-state index is 13.2. The number of fused-ring (bicyclic) bond motifs is 3. The molecule has 17 heteroatoms. The summed E-state index contributed by atoms with van der Waals surface area (Å²) < 4.78 is 20.3. The van der Waals surface area contributed by atoms with Gasteiger partial charge in [0.05, 0.1) is 35.0 Å². The molecule has 322 valence electrons. The third-order valence-electron chi connectivity index (χ3n) is 13.0. The standard InChI is InChI=1S/C46H46ClN11O4S/c1-26-27(2)63-45-41(26)42(52-37(20-40-49-16-18-60-40)43-56-53-28(3)58(43)45)30-6-14-39(50-24-30)62-34-21-46(22-34)15-4-17-57(25-46)38-13-12-36(54-55-38)44(59)51-31-7-10-32(11-8-31)61-33-9-5-29(23-48)35(47)19-33/h5-6,9,12-14,16,18-19,24,31-32,34,37H,4,7-8,10-11,15,17,20-22,25H2,1-3H3,(H,51,59)/t31?,32?,34?,37-,46?/m0/s1. The minimum atomic E-state index is -0.355. The Kier molecular flexibility index (Phi) is 10.9. The van der Waals surface area contributed by atoms with Gasteiger partial charge in [0.25, 0.3) is 5.91 Å². The summed E-state index contributed by atoms with van der Waals surface area (Å²) in [5, 5.41) is 31.6. The van der Waals surface area contributed by atoms with Crippen LogP contribution in [0.3, 0.4) is 0 Å². The van der Waals surface area contributed by atoms with Gasteiger partial charge in [0.1, 0.15) is 41.1 Å². The van der Waals surface area contributed by atoms with Gasteiger partial charge in [0, 0.05) is 53.5 Å². The summed E-state index contributed by atoms with van der Waals surface area (Å²) in [6.45, 7) is 8.00. The Morgan fingerprint density at radius 3 is 2.60 bits per heavy atom. The number of aromatic nitrogens is 7. The maximum atomic E-state index is 13.2. The molecule has 0 unspecified atom stereocenters. The summed E-state index contributed by atoms with van der Waals surface area (Å²) in [6.07, 6.45) is 12.8. The van der Waals surface area contributed by atoms with E-state index >= 15 is 0 Å². The van der Waals surface area contributed by atoms with E-state index in [1.807, 2.05) is 25.3 Å². The van der Waals surface area contributed by atoms with Gasteiger partial charge >= 0.3 is 0 Å². The van der Waals surface area contributed by atoms with Crippen LogP contribution < -0.4 is 19.7 Å². The third-order valence-corrected chi connectivity index (χ3v) is 14.5. The van der Waals surface area contributed by atoms with Crippen LogP contribution in [0, 0.1) is 37.5 Å². The minimum Gasteiger partial charge on any atom is -0.490 e. The molecule has 1 saturated heterocycles. The van der Waals surface area contributed by atoms with Crippen molar-refractivity contribution in [2.45, 2.75) is 103 Å². The van der Waals surface area contributed by atoms with Crippen LogP contribution in [0.25, 0.3) is 5.00 Å². The Labute approximate surface area is 373 Å². The summed E-state index contributed by atoms with van der Waals surface area (Å²) in [4.78, 5) is 31.2. The van der Waals surface area contributed by atoms with E-state index in [0.29, 0.717) is 40.2 Å². The van der Waals surface area contributed by atoms with E-state index < -0.39 is 0 Å². The third kappa shape index (κ3) is 8.15. The zero-order chi connectivity index (χ0) is 43.2. The number of pyridine rings is 1. The number of thiophene rings is 1. The lowest BCUT2D eigenvalue weighted by molar-refractivity contribution is -0.0261. The highest BCUT2D eigenvalue weighted by Crippen LogP contribution is 2.49. The number of rotatable bonds is 10. The molecule has 1 spiro atoms. The number of aliphatic imine (C=N–C) groups is 1. The first-order valence-electron chi connectivity index (χ1n) is 21.5. The number of benzene rings is 1. The number of aryl methyl sites for hydroxylation is 2. The van der Waals surface area contributed by atoms with Gasteiger partial charge in [-0.15, -0.1) is 31.7 Å². The van der Waals surface area contributed by atoms with Crippen LogP contribution in [-0.4, -0.2) is 77.9 Å². The fraction of sp³-hybridized carbons (Fsp3) is 0.413. The van der Waals surface area contributed by atoms with Gasteiger partial charge in [-0.1, -0.05) is 11.6 Å². The number of anilines is 1. The Balaban J connectivity index is 0.740. The molecule has 63 heavy (non-hydrogen) atoms. The fourth-order valence-corrected chi connectivity index (χ4v) is 11.0. The molecule has 3 fully saturated rings. The Hall–Kier alpha value is -6.18. The van der Waals surface area contributed by atoms with Crippen LogP contribution in [0.5, 0.6) is 11.6 Å². The zero-order valence-corrected chi connectivity index (χ0v) is 36.8. The van der Waals surface area contributed by atoms with Crippen LogP contribution in [-0.2, 0) is 6.42 Å². The SMILES string of the molecule is Cc1sc2c(c1C)C(c1ccc(OC3CC4(CCCN(c5ccc(C(=O)NC6CCC(Oc7ccc(C#N)c(Cl)c7)CC6)nn5)C4)C3)nc1)=N[C@@H](Cc1ncco1)c1nnc(C)n1-2. The Morgan fingerprint density at radius 1 is 1.02 bits per heavy atom. The molecule has 6 aromatic rings. The van der Waals surface area contributed by atoms with E-state index in [9.17, 15) is 4.79 Å². The van der Waals surface area contributed by atoms with Crippen LogP contribution >= 0.6 is 22.9 Å². The van der Waals surface area contributed by atoms with Gasteiger partial charge < -0.3 is 24.1 Å². The summed E-state index contributed by atoms with van der Waals surface area (Å²) >= 11 is 7.89. The van der Waals surface area contributed by atoms with Gasteiger partial charge in [-0.25, -0.2) is 9.97 Å². The van der Waals surface area contributed by atoms with Crippen LogP contribution in [0.15, 0.2) is 70.5 Å². The largest absolute Gasteiger partial charge is 0.490 e. The molecule has 7 heterocycles. The molecule has 1 aromatic carbocycles. The number of carbonyl (C=O) groups is 1. The number of halogens is 1. The molecule has 2 aliphatic heterocycles. The quantitative estimate of drug-likeness (QED) is 0.140. The van der Waals surface area contributed by atoms with E-state index in [-0.39, 0.29) is 35.6 Å². The number of hydrogen-bond donors (Lipinski definition) is 1. The van der Waals surface area contributed by atoms with Crippen LogP contribution in [0.1, 0.15) is 113 Å². The van der Waals surface area contributed by atoms with E-state index in [4.69, 9.17) is 40.7 Å². The highest BCUT2D eigenvalue weighted by molar-refractivity contribution is 7.15. The van der Waals surface area contributed by atoms with Crippen LogP contribution in [0.4, 0.5) is 5.82 Å². The molecule has 1 amide bonds. The van der Waals surface area contributed by atoms with E-state index in [0.717, 1.165) is 104 Å². The monoisotopic (exact) mass is 883 g/mol. The summed E-state index contributed by atoms with van der Waals surface area (Å²) in [5.41, 5.74) is 4.85. The molecule has 1 N–H and O–H groups in total. The van der Waals surface area contributed by atoms with Crippen molar-refractivity contribution in [3.8, 4) is 22.7 Å². The average Bonchev–Trinajstić information content (AvgIpc) is 3.99. The lowest BCUT2D eigenvalue weighted by Crippen LogP contribution is -2.54. The zero-order valence-electron chi connectivity index (χ0n) is 35.3. The summed E-state index contributed by atoms with van der Waals surface area (Å²) in [7, 11) is 0. The molecule has 4 aliphatic rings.